The van der Waals surface area contributed by atoms with Gasteiger partial charge in [0.15, 0.2) is 0 Å². The second kappa shape index (κ2) is 4.02. The van der Waals surface area contributed by atoms with E-state index >= 15 is 0 Å². The maximum absolute atomic E-state index is 14.0. The first kappa shape index (κ1) is 10.0. The Kier molecular flexibility index (Phi) is 2.37. The fraction of sp³-hybridized carbons (Fsp3) is 0. The Hall–Kier alpha value is -2.15. The Morgan fingerprint density at radius 1 is 0.647 bits per heavy atom. The number of halogens is 1. The molecular formula is C16H11F. The molecule has 0 unspecified atom stereocenters. The minimum absolute atomic E-state index is 0.171. The molecule has 0 bridgehead atoms. The zero-order chi connectivity index (χ0) is 11.7. The van der Waals surface area contributed by atoms with Crippen LogP contribution in [0.25, 0.3) is 21.9 Å². The molecule has 0 aliphatic carbocycles. The van der Waals surface area contributed by atoms with Crippen LogP contribution in [-0.4, -0.2) is 0 Å². The zero-order valence-electron chi connectivity index (χ0n) is 9.23. The molecule has 0 nitrogen and oxygen atoms in total. The second-order valence-corrected chi connectivity index (χ2v) is 4.05. The van der Waals surface area contributed by atoms with Crippen LogP contribution < -0.4 is 0 Å². The summed E-state index contributed by atoms with van der Waals surface area (Å²) in [5.41, 5.74) is 1.57. The fourth-order valence-corrected chi connectivity index (χ4v) is 2.05. The molecule has 1 heteroatoms. The summed E-state index contributed by atoms with van der Waals surface area (Å²) < 4.78 is 14.0. The monoisotopic (exact) mass is 222 g/mol. The number of hydrogen-bond donors (Lipinski definition) is 0. The first-order valence-corrected chi connectivity index (χ1v) is 5.58. The van der Waals surface area contributed by atoms with Gasteiger partial charge in [-0.3, -0.25) is 0 Å². The molecule has 0 aliphatic rings. The van der Waals surface area contributed by atoms with Gasteiger partial charge >= 0.3 is 0 Å². The minimum Gasteiger partial charge on any atom is -0.206 e. The first-order chi connectivity index (χ1) is 8.34. The van der Waals surface area contributed by atoms with Gasteiger partial charge in [-0.1, -0.05) is 54.6 Å². The standard InChI is InChI=1S/C16H11F/c17-16-11-14-9-5-4-8-13(14)10-15(16)12-6-2-1-3-7-12/h1-11H. The molecular weight excluding hydrogens is 211 g/mol. The molecule has 17 heavy (non-hydrogen) atoms. The molecule has 0 saturated carbocycles. The first-order valence-electron chi connectivity index (χ1n) is 5.58. The van der Waals surface area contributed by atoms with E-state index < -0.39 is 0 Å². The van der Waals surface area contributed by atoms with Crippen molar-refractivity contribution in [2.45, 2.75) is 0 Å². The fourth-order valence-electron chi connectivity index (χ4n) is 2.05. The zero-order valence-corrected chi connectivity index (χ0v) is 9.23. The molecule has 3 aromatic rings. The summed E-state index contributed by atoms with van der Waals surface area (Å²) in [6, 6.07) is 20.9. The van der Waals surface area contributed by atoms with Crippen LogP contribution in [0.5, 0.6) is 0 Å². The molecule has 0 saturated heterocycles. The number of rotatable bonds is 1. The molecule has 0 N–H and O–H groups in total. The molecule has 0 aromatic heterocycles. The predicted molar refractivity (Wildman–Crippen MR) is 69.3 cm³/mol. The van der Waals surface area contributed by atoms with E-state index in [9.17, 15) is 4.39 Å². The van der Waals surface area contributed by atoms with Gasteiger partial charge in [0.2, 0.25) is 0 Å². The predicted octanol–water partition coefficient (Wildman–Crippen LogP) is 4.65. The van der Waals surface area contributed by atoms with E-state index in [2.05, 4.69) is 0 Å². The molecule has 0 aliphatic heterocycles. The van der Waals surface area contributed by atoms with Crippen LogP contribution in [0, 0.1) is 5.82 Å². The van der Waals surface area contributed by atoms with Crippen LogP contribution in [0.15, 0.2) is 66.7 Å². The van der Waals surface area contributed by atoms with Crippen LogP contribution in [-0.2, 0) is 0 Å². The Labute approximate surface area is 99.3 Å². The van der Waals surface area contributed by atoms with Crippen LogP contribution in [0.3, 0.4) is 0 Å². The minimum atomic E-state index is -0.171. The van der Waals surface area contributed by atoms with Gasteiger partial charge in [-0.25, -0.2) is 4.39 Å². The SMILES string of the molecule is Fc1cc2ccccc2cc1-c1ccccc1. The maximum Gasteiger partial charge on any atom is 0.131 e. The highest BCUT2D eigenvalue weighted by molar-refractivity contribution is 5.87. The lowest BCUT2D eigenvalue weighted by atomic mass is 10.0. The molecule has 3 aromatic carbocycles. The van der Waals surface area contributed by atoms with E-state index in [-0.39, 0.29) is 5.82 Å². The highest BCUT2D eigenvalue weighted by Gasteiger charge is 2.06. The second-order valence-electron chi connectivity index (χ2n) is 4.05. The summed E-state index contributed by atoms with van der Waals surface area (Å²) in [6.07, 6.45) is 0. The van der Waals surface area contributed by atoms with Gasteiger partial charge in [0.1, 0.15) is 5.82 Å². The van der Waals surface area contributed by atoms with E-state index in [4.69, 9.17) is 0 Å². The molecule has 0 radical (unpaired) electrons. The van der Waals surface area contributed by atoms with Crippen LogP contribution in [0.2, 0.25) is 0 Å². The summed E-state index contributed by atoms with van der Waals surface area (Å²) in [5.74, 6) is -0.171. The van der Waals surface area contributed by atoms with Gasteiger partial charge in [0.05, 0.1) is 0 Å². The molecule has 82 valence electrons. The van der Waals surface area contributed by atoms with Crippen molar-refractivity contribution in [1.82, 2.24) is 0 Å². The molecule has 0 atom stereocenters. The summed E-state index contributed by atoms with van der Waals surface area (Å²) >= 11 is 0. The number of benzene rings is 3. The lowest BCUT2D eigenvalue weighted by molar-refractivity contribution is 0.633. The Bertz CT molecular complexity index is 657. The Morgan fingerprint density at radius 2 is 1.24 bits per heavy atom. The van der Waals surface area contributed by atoms with E-state index in [1.165, 1.54) is 0 Å². The largest absolute Gasteiger partial charge is 0.206 e. The van der Waals surface area contributed by atoms with Crippen molar-refractivity contribution >= 4 is 10.8 Å². The van der Waals surface area contributed by atoms with E-state index in [1.807, 2.05) is 60.7 Å². The van der Waals surface area contributed by atoms with Crippen molar-refractivity contribution in [2.24, 2.45) is 0 Å². The molecule has 3 rings (SSSR count). The van der Waals surface area contributed by atoms with Crippen LogP contribution in [0.4, 0.5) is 4.39 Å². The van der Waals surface area contributed by atoms with Crippen molar-refractivity contribution < 1.29 is 4.39 Å². The van der Waals surface area contributed by atoms with E-state index in [1.54, 1.807) is 6.07 Å². The third kappa shape index (κ3) is 1.80. The molecule has 0 fully saturated rings. The highest BCUT2D eigenvalue weighted by atomic mass is 19.1. The highest BCUT2D eigenvalue weighted by Crippen LogP contribution is 2.27. The lowest BCUT2D eigenvalue weighted by Gasteiger charge is -2.05. The third-order valence-corrected chi connectivity index (χ3v) is 2.92. The molecule has 0 heterocycles. The summed E-state index contributed by atoms with van der Waals surface area (Å²) in [5, 5.41) is 2.00. The third-order valence-electron chi connectivity index (χ3n) is 2.92. The van der Waals surface area contributed by atoms with E-state index in [0.717, 1.165) is 16.3 Å². The maximum atomic E-state index is 14.0. The van der Waals surface area contributed by atoms with E-state index in [0.29, 0.717) is 5.56 Å². The van der Waals surface area contributed by atoms with Crippen LogP contribution in [0.1, 0.15) is 0 Å². The number of hydrogen-bond acceptors (Lipinski definition) is 0. The topological polar surface area (TPSA) is 0 Å². The lowest BCUT2D eigenvalue weighted by Crippen LogP contribution is -1.85. The average molecular weight is 222 g/mol. The number of fused-ring (bicyclic) bond motifs is 1. The summed E-state index contributed by atoms with van der Waals surface area (Å²) in [4.78, 5) is 0. The van der Waals surface area contributed by atoms with Crippen molar-refractivity contribution in [3.05, 3.63) is 72.5 Å². The Balaban J connectivity index is 2.27. The quantitative estimate of drug-likeness (QED) is 0.562. The smallest absolute Gasteiger partial charge is 0.131 e. The van der Waals surface area contributed by atoms with Crippen molar-refractivity contribution in [1.29, 1.82) is 0 Å². The van der Waals surface area contributed by atoms with Gasteiger partial charge in [0, 0.05) is 5.56 Å². The van der Waals surface area contributed by atoms with Crippen molar-refractivity contribution in [3.63, 3.8) is 0 Å². The summed E-state index contributed by atoms with van der Waals surface area (Å²) in [7, 11) is 0. The molecule has 0 amide bonds. The van der Waals surface area contributed by atoms with Gasteiger partial charge in [-0.05, 0) is 28.5 Å². The molecule has 0 spiro atoms. The van der Waals surface area contributed by atoms with Crippen molar-refractivity contribution in [2.75, 3.05) is 0 Å². The van der Waals surface area contributed by atoms with Crippen molar-refractivity contribution in [3.8, 4) is 11.1 Å². The average Bonchev–Trinajstić information content (AvgIpc) is 2.39. The van der Waals surface area contributed by atoms with Gasteiger partial charge in [-0.2, -0.15) is 0 Å². The normalized spacial score (nSPS) is 10.6. The summed E-state index contributed by atoms with van der Waals surface area (Å²) in [6.45, 7) is 0. The van der Waals surface area contributed by atoms with Gasteiger partial charge < -0.3 is 0 Å². The van der Waals surface area contributed by atoms with Gasteiger partial charge in [-0.15, -0.1) is 0 Å². The Morgan fingerprint density at radius 3 is 1.94 bits per heavy atom. The van der Waals surface area contributed by atoms with Gasteiger partial charge in [0.25, 0.3) is 0 Å². The van der Waals surface area contributed by atoms with Crippen LogP contribution >= 0.6 is 0 Å².